The summed E-state index contributed by atoms with van der Waals surface area (Å²) in [5, 5.41) is 21.3. The Morgan fingerprint density at radius 2 is 1.91 bits per heavy atom. The van der Waals surface area contributed by atoms with Gasteiger partial charge in [0, 0.05) is 13.1 Å². The van der Waals surface area contributed by atoms with Crippen molar-refractivity contribution in [1.82, 2.24) is 10.2 Å². The number of anilines is 2. The second-order valence-corrected chi connectivity index (χ2v) is 7.91. The van der Waals surface area contributed by atoms with E-state index in [-0.39, 0.29) is 5.57 Å². The maximum Gasteiger partial charge on any atom is 0.268 e. The summed E-state index contributed by atoms with van der Waals surface area (Å²) in [6, 6.07) is 19.0. The van der Waals surface area contributed by atoms with Crippen LogP contribution in [0.4, 0.5) is 10.3 Å². The molecule has 2 heterocycles. The predicted molar refractivity (Wildman–Crippen MR) is 122 cm³/mol. The Bertz CT molecular complexity index is 1120. The number of amides is 1. The van der Waals surface area contributed by atoms with Crippen LogP contribution in [0.3, 0.4) is 0 Å². The topological polar surface area (TPSA) is 100 Å². The van der Waals surface area contributed by atoms with Crippen LogP contribution in [0.15, 0.2) is 60.2 Å². The Kier molecular flexibility index (Phi) is 7.07. The summed E-state index contributed by atoms with van der Waals surface area (Å²) in [7, 11) is 0. The lowest BCUT2D eigenvalue weighted by atomic mass is 10.1. The van der Waals surface area contributed by atoms with Gasteiger partial charge in [0.15, 0.2) is 0 Å². The van der Waals surface area contributed by atoms with Gasteiger partial charge in [0.1, 0.15) is 24.0 Å². The van der Waals surface area contributed by atoms with Crippen molar-refractivity contribution in [3.05, 3.63) is 71.3 Å². The molecule has 1 amide bonds. The van der Waals surface area contributed by atoms with E-state index in [1.807, 2.05) is 36.4 Å². The van der Waals surface area contributed by atoms with Gasteiger partial charge in [-0.1, -0.05) is 53.8 Å². The molecular formula is C23H21N5O3S. The van der Waals surface area contributed by atoms with E-state index in [1.54, 1.807) is 24.3 Å². The fourth-order valence-corrected chi connectivity index (χ4v) is 3.82. The molecule has 0 unspecified atom stereocenters. The van der Waals surface area contributed by atoms with Crippen LogP contribution in [0.5, 0.6) is 5.75 Å². The van der Waals surface area contributed by atoms with Gasteiger partial charge < -0.3 is 14.4 Å². The minimum atomic E-state index is -0.526. The molecule has 0 radical (unpaired) electrons. The van der Waals surface area contributed by atoms with Gasteiger partial charge in [-0.2, -0.15) is 5.26 Å². The number of nitriles is 1. The molecular weight excluding hydrogens is 426 g/mol. The zero-order valence-corrected chi connectivity index (χ0v) is 18.0. The fourth-order valence-electron chi connectivity index (χ4n) is 3.03. The van der Waals surface area contributed by atoms with Crippen molar-refractivity contribution in [2.45, 2.75) is 6.61 Å². The van der Waals surface area contributed by atoms with Gasteiger partial charge in [-0.05, 0) is 29.3 Å². The Hall–Kier alpha value is -3.74. The summed E-state index contributed by atoms with van der Waals surface area (Å²) in [4.78, 5) is 14.6. The Morgan fingerprint density at radius 3 is 2.62 bits per heavy atom. The molecule has 3 aromatic rings. The number of ether oxygens (including phenoxy) is 2. The number of morpholine rings is 1. The molecule has 1 fully saturated rings. The highest BCUT2D eigenvalue weighted by Gasteiger charge is 2.18. The molecule has 162 valence electrons. The van der Waals surface area contributed by atoms with Crippen LogP contribution in [0.2, 0.25) is 0 Å². The maximum atomic E-state index is 12.5. The highest BCUT2D eigenvalue weighted by molar-refractivity contribution is 7.19. The molecule has 8 nitrogen and oxygen atoms in total. The minimum Gasteiger partial charge on any atom is -0.489 e. The lowest BCUT2D eigenvalue weighted by molar-refractivity contribution is -0.112. The zero-order chi connectivity index (χ0) is 22.2. The van der Waals surface area contributed by atoms with Crippen molar-refractivity contribution in [2.75, 3.05) is 36.5 Å². The van der Waals surface area contributed by atoms with Crippen LogP contribution < -0.4 is 15.0 Å². The van der Waals surface area contributed by atoms with Gasteiger partial charge in [0.25, 0.3) is 5.91 Å². The van der Waals surface area contributed by atoms with Crippen LogP contribution in [-0.4, -0.2) is 42.4 Å². The van der Waals surface area contributed by atoms with Gasteiger partial charge in [-0.3, -0.25) is 10.1 Å². The van der Waals surface area contributed by atoms with Gasteiger partial charge in [-0.15, -0.1) is 10.2 Å². The first-order chi connectivity index (χ1) is 15.7. The minimum absolute atomic E-state index is 0.0222. The fraction of sp³-hybridized carbons (Fsp3) is 0.217. The summed E-state index contributed by atoms with van der Waals surface area (Å²) in [5.74, 6) is 0.181. The van der Waals surface area contributed by atoms with Crippen LogP contribution in [-0.2, 0) is 16.1 Å². The summed E-state index contributed by atoms with van der Waals surface area (Å²) in [5.41, 5.74) is 1.77. The van der Waals surface area contributed by atoms with Crippen molar-refractivity contribution >= 4 is 33.6 Å². The molecule has 1 aliphatic heterocycles. The molecule has 0 saturated carbocycles. The average molecular weight is 448 g/mol. The van der Waals surface area contributed by atoms with Crippen molar-refractivity contribution < 1.29 is 14.3 Å². The first-order valence-electron chi connectivity index (χ1n) is 10.1. The summed E-state index contributed by atoms with van der Waals surface area (Å²) in [6.45, 7) is 3.21. The predicted octanol–water partition coefficient (Wildman–Crippen LogP) is 3.50. The highest BCUT2D eigenvalue weighted by Crippen LogP contribution is 2.25. The molecule has 0 spiro atoms. The molecule has 0 aliphatic carbocycles. The molecule has 1 aliphatic rings. The molecule has 32 heavy (non-hydrogen) atoms. The maximum absolute atomic E-state index is 12.5. The molecule has 1 saturated heterocycles. The first-order valence-corrected chi connectivity index (χ1v) is 10.9. The highest BCUT2D eigenvalue weighted by atomic mass is 32.1. The third-order valence-electron chi connectivity index (χ3n) is 4.72. The van der Waals surface area contributed by atoms with Gasteiger partial charge in [0.2, 0.25) is 10.3 Å². The third-order valence-corrected chi connectivity index (χ3v) is 5.62. The van der Waals surface area contributed by atoms with Crippen LogP contribution in [0.25, 0.3) is 6.08 Å². The Morgan fingerprint density at radius 1 is 1.16 bits per heavy atom. The molecule has 0 atom stereocenters. The number of carbonyl (C=O) groups excluding carboxylic acids is 1. The van der Waals surface area contributed by atoms with Crippen molar-refractivity contribution in [3.8, 4) is 11.8 Å². The lowest BCUT2D eigenvalue weighted by Gasteiger charge is -2.25. The number of rotatable bonds is 7. The quantitative estimate of drug-likeness (QED) is 0.437. The number of carbonyl (C=O) groups is 1. The van der Waals surface area contributed by atoms with Gasteiger partial charge in [-0.25, -0.2) is 0 Å². The van der Waals surface area contributed by atoms with Crippen LogP contribution in [0.1, 0.15) is 11.1 Å². The van der Waals surface area contributed by atoms with Crippen LogP contribution in [0, 0.1) is 11.3 Å². The third kappa shape index (κ3) is 5.69. The van der Waals surface area contributed by atoms with Crippen molar-refractivity contribution in [2.24, 2.45) is 0 Å². The van der Waals surface area contributed by atoms with E-state index in [0.29, 0.717) is 30.7 Å². The van der Waals surface area contributed by atoms with Gasteiger partial charge >= 0.3 is 0 Å². The second kappa shape index (κ2) is 10.5. The van der Waals surface area contributed by atoms with E-state index < -0.39 is 5.91 Å². The normalized spacial score (nSPS) is 14.0. The summed E-state index contributed by atoms with van der Waals surface area (Å²) in [6.07, 6.45) is 1.53. The Labute approximate surface area is 189 Å². The number of nitrogens with zero attached hydrogens (tertiary/aromatic N) is 4. The number of nitrogens with one attached hydrogen (secondary N) is 1. The molecule has 9 heteroatoms. The summed E-state index contributed by atoms with van der Waals surface area (Å²) >= 11 is 1.27. The Balaban J connectivity index is 1.36. The first kappa shape index (κ1) is 21.5. The standard InChI is InChI=1S/C23H21N5O3S/c24-15-19(21(29)25-22-26-27-23(32-22)28-10-12-30-13-11-28)14-17-6-8-20(9-7-17)31-16-18-4-2-1-3-5-18/h1-9,14H,10-13,16H2,(H,25,26,29)/b19-14-. The van der Waals surface area contributed by atoms with E-state index in [2.05, 4.69) is 20.4 Å². The average Bonchev–Trinajstić information content (AvgIpc) is 3.31. The van der Waals surface area contributed by atoms with Crippen molar-refractivity contribution in [3.63, 3.8) is 0 Å². The molecule has 4 rings (SSSR count). The molecule has 2 aromatic carbocycles. The van der Waals surface area contributed by atoms with E-state index in [1.165, 1.54) is 17.4 Å². The molecule has 1 N–H and O–H groups in total. The van der Waals surface area contributed by atoms with E-state index in [0.717, 1.165) is 29.3 Å². The zero-order valence-electron chi connectivity index (χ0n) is 17.2. The van der Waals surface area contributed by atoms with E-state index >= 15 is 0 Å². The lowest BCUT2D eigenvalue weighted by Crippen LogP contribution is -2.36. The molecule has 1 aromatic heterocycles. The number of hydrogen-bond donors (Lipinski definition) is 1. The number of aromatic nitrogens is 2. The largest absolute Gasteiger partial charge is 0.489 e. The monoisotopic (exact) mass is 447 g/mol. The van der Waals surface area contributed by atoms with Crippen LogP contribution >= 0.6 is 11.3 Å². The number of benzene rings is 2. The van der Waals surface area contributed by atoms with Crippen molar-refractivity contribution in [1.29, 1.82) is 5.26 Å². The molecule has 0 bridgehead atoms. The second-order valence-electron chi connectivity index (χ2n) is 6.96. The SMILES string of the molecule is N#C/C(=C/c1ccc(OCc2ccccc2)cc1)C(=O)Nc1nnc(N2CCOCC2)s1. The van der Waals surface area contributed by atoms with E-state index in [4.69, 9.17) is 9.47 Å². The number of hydrogen-bond acceptors (Lipinski definition) is 8. The van der Waals surface area contributed by atoms with Gasteiger partial charge in [0.05, 0.1) is 13.2 Å². The smallest absolute Gasteiger partial charge is 0.268 e. The van der Waals surface area contributed by atoms with E-state index in [9.17, 15) is 10.1 Å². The summed E-state index contributed by atoms with van der Waals surface area (Å²) < 4.78 is 11.1.